The SMILES string of the molecule is CC1(C(=O)NC2CCCCCC2)Cn2nc(-c3cccs3)cc2C(=O)N1Cc1ccccc1. The number of thiophene rings is 1. The first-order valence-electron chi connectivity index (χ1n) is 11.8. The summed E-state index contributed by atoms with van der Waals surface area (Å²) in [4.78, 5) is 30.3. The molecule has 0 radical (unpaired) electrons. The van der Waals surface area contributed by atoms with Crippen LogP contribution in [0.2, 0.25) is 0 Å². The van der Waals surface area contributed by atoms with Gasteiger partial charge in [-0.05, 0) is 42.8 Å². The summed E-state index contributed by atoms with van der Waals surface area (Å²) in [6, 6.07) is 15.9. The number of aromatic nitrogens is 2. The second-order valence-corrected chi connectivity index (χ2v) is 10.3. The van der Waals surface area contributed by atoms with E-state index in [1.165, 1.54) is 12.8 Å². The largest absolute Gasteiger partial charge is 0.351 e. The molecule has 0 bridgehead atoms. The lowest BCUT2D eigenvalue weighted by Crippen LogP contribution is -2.64. The summed E-state index contributed by atoms with van der Waals surface area (Å²) in [5, 5.41) is 10.0. The summed E-state index contributed by atoms with van der Waals surface area (Å²) in [6.45, 7) is 2.61. The zero-order valence-corrected chi connectivity index (χ0v) is 19.8. The van der Waals surface area contributed by atoms with Gasteiger partial charge in [0.25, 0.3) is 5.91 Å². The molecular formula is C26H30N4O2S. The summed E-state index contributed by atoms with van der Waals surface area (Å²) >= 11 is 1.60. The van der Waals surface area contributed by atoms with E-state index in [4.69, 9.17) is 5.10 Å². The van der Waals surface area contributed by atoms with Gasteiger partial charge in [0.05, 0.1) is 11.4 Å². The van der Waals surface area contributed by atoms with E-state index in [1.54, 1.807) is 20.9 Å². The molecule has 0 spiro atoms. The normalized spacial score (nSPS) is 21.5. The maximum absolute atomic E-state index is 13.8. The summed E-state index contributed by atoms with van der Waals surface area (Å²) in [7, 11) is 0. The molecule has 2 aliphatic rings. The number of rotatable bonds is 5. The summed E-state index contributed by atoms with van der Waals surface area (Å²) in [6.07, 6.45) is 6.74. The van der Waals surface area contributed by atoms with Crippen molar-refractivity contribution in [3.8, 4) is 10.6 Å². The molecule has 5 rings (SSSR count). The van der Waals surface area contributed by atoms with Crippen molar-refractivity contribution in [1.82, 2.24) is 20.0 Å². The number of benzene rings is 1. The fourth-order valence-electron chi connectivity index (χ4n) is 4.96. The van der Waals surface area contributed by atoms with E-state index in [0.717, 1.165) is 41.8 Å². The highest BCUT2D eigenvalue weighted by Gasteiger charge is 2.48. The van der Waals surface area contributed by atoms with Crippen LogP contribution in [0.15, 0.2) is 53.9 Å². The third-order valence-corrected chi connectivity index (χ3v) is 7.83. The van der Waals surface area contributed by atoms with E-state index in [-0.39, 0.29) is 17.9 Å². The average molecular weight is 463 g/mol. The van der Waals surface area contributed by atoms with Crippen LogP contribution in [0.4, 0.5) is 0 Å². The van der Waals surface area contributed by atoms with Gasteiger partial charge in [-0.15, -0.1) is 11.3 Å². The topological polar surface area (TPSA) is 67.2 Å². The Hall–Kier alpha value is -2.93. The quantitative estimate of drug-likeness (QED) is 0.551. The first-order valence-corrected chi connectivity index (χ1v) is 12.7. The van der Waals surface area contributed by atoms with Crippen LogP contribution in [0, 0.1) is 0 Å². The van der Waals surface area contributed by atoms with Crippen molar-refractivity contribution < 1.29 is 9.59 Å². The van der Waals surface area contributed by atoms with Crippen molar-refractivity contribution >= 4 is 23.2 Å². The zero-order chi connectivity index (χ0) is 22.8. The molecule has 1 unspecified atom stereocenters. The molecule has 33 heavy (non-hydrogen) atoms. The number of hydrogen-bond acceptors (Lipinski definition) is 4. The van der Waals surface area contributed by atoms with E-state index in [0.29, 0.717) is 18.8 Å². The van der Waals surface area contributed by atoms with Crippen molar-refractivity contribution in [2.45, 2.75) is 70.1 Å². The first kappa shape index (κ1) is 21.9. The summed E-state index contributed by atoms with van der Waals surface area (Å²) in [5.41, 5.74) is 1.30. The minimum atomic E-state index is -1.02. The van der Waals surface area contributed by atoms with Gasteiger partial charge in [0.1, 0.15) is 16.9 Å². The zero-order valence-electron chi connectivity index (χ0n) is 19.0. The monoisotopic (exact) mass is 462 g/mol. The second-order valence-electron chi connectivity index (χ2n) is 9.36. The highest BCUT2D eigenvalue weighted by Crippen LogP contribution is 2.33. The molecule has 6 nitrogen and oxygen atoms in total. The Labute approximate surface area is 198 Å². The molecule has 3 aromatic rings. The summed E-state index contributed by atoms with van der Waals surface area (Å²) < 4.78 is 1.73. The molecule has 1 aromatic carbocycles. The van der Waals surface area contributed by atoms with Crippen molar-refractivity contribution in [2.75, 3.05) is 0 Å². The number of carbonyl (C=O) groups excluding carboxylic acids is 2. The number of amides is 2. The molecule has 2 aromatic heterocycles. The number of nitrogens with one attached hydrogen (secondary N) is 1. The lowest BCUT2D eigenvalue weighted by atomic mass is 9.93. The van der Waals surface area contributed by atoms with Gasteiger partial charge < -0.3 is 10.2 Å². The minimum Gasteiger partial charge on any atom is -0.351 e. The molecule has 1 N–H and O–H groups in total. The Bertz CT molecular complexity index is 1120. The molecule has 172 valence electrons. The lowest BCUT2D eigenvalue weighted by molar-refractivity contribution is -0.134. The lowest BCUT2D eigenvalue weighted by Gasteiger charge is -2.44. The highest BCUT2D eigenvalue weighted by atomic mass is 32.1. The molecule has 0 saturated heterocycles. The molecule has 1 fully saturated rings. The Morgan fingerprint density at radius 3 is 2.58 bits per heavy atom. The van der Waals surface area contributed by atoms with Gasteiger partial charge in [0.15, 0.2) is 0 Å². The van der Waals surface area contributed by atoms with Gasteiger partial charge in [-0.2, -0.15) is 5.10 Å². The maximum atomic E-state index is 13.8. The van der Waals surface area contributed by atoms with Gasteiger partial charge in [-0.1, -0.05) is 62.1 Å². The number of nitrogens with zero attached hydrogens (tertiary/aromatic N) is 3. The highest BCUT2D eigenvalue weighted by molar-refractivity contribution is 7.13. The number of hydrogen-bond donors (Lipinski definition) is 1. The van der Waals surface area contributed by atoms with Crippen molar-refractivity contribution in [3.05, 3.63) is 65.2 Å². The maximum Gasteiger partial charge on any atom is 0.273 e. The molecule has 1 saturated carbocycles. The van der Waals surface area contributed by atoms with Crippen LogP contribution < -0.4 is 5.32 Å². The van der Waals surface area contributed by atoms with E-state index in [2.05, 4.69) is 5.32 Å². The van der Waals surface area contributed by atoms with E-state index in [1.807, 2.05) is 60.8 Å². The Balaban J connectivity index is 1.49. The van der Waals surface area contributed by atoms with Crippen LogP contribution >= 0.6 is 11.3 Å². The second kappa shape index (κ2) is 9.14. The van der Waals surface area contributed by atoms with E-state index < -0.39 is 5.54 Å². The number of fused-ring (bicyclic) bond motifs is 1. The fraction of sp³-hybridized carbons (Fsp3) is 0.423. The molecular weight excluding hydrogens is 432 g/mol. The predicted octanol–water partition coefficient (Wildman–Crippen LogP) is 4.87. The van der Waals surface area contributed by atoms with Crippen LogP contribution in [-0.4, -0.2) is 38.1 Å². The van der Waals surface area contributed by atoms with Crippen LogP contribution in [0.25, 0.3) is 10.6 Å². The molecule has 1 atom stereocenters. The van der Waals surface area contributed by atoms with Crippen molar-refractivity contribution in [3.63, 3.8) is 0 Å². The van der Waals surface area contributed by atoms with Crippen molar-refractivity contribution in [1.29, 1.82) is 0 Å². The molecule has 7 heteroatoms. The smallest absolute Gasteiger partial charge is 0.273 e. The van der Waals surface area contributed by atoms with Crippen molar-refractivity contribution in [2.24, 2.45) is 0 Å². The Morgan fingerprint density at radius 2 is 1.88 bits per heavy atom. The van der Waals surface area contributed by atoms with Gasteiger partial charge in [-0.3, -0.25) is 14.3 Å². The van der Waals surface area contributed by atoms with Gasteiger partial charge in [0.2, 0.25) is 5.91 Å². The third kappa shape index (κ3) is 4.34. The number of carbonyl (C=O) groups is 2. The standard InChI is InChI=1S/C26H30N4O2S/c1-26(25(32)27-20-12-7-2-3-8-13-20)18-30-22(16-21(28-30)23-14-9-15-33-23)24(31)29(26)17-19-10-5-4-6-11-19/h4-6,9-11,14-16,20H,2-3,7-8,12-13,17-18H2,1H3,(H,27,32). The van der Waals surface area contributed by atoms with Gasteiger partial charge in [-0.25, -0.2) is 0 Å². The minimum absolute atomic E-state index is 0.0856. The molecule has 3 heterocycles. The van der Waals surface area contributed by atoms with Crippen LogP contribution in [0.5, 0.6) is 0 Å². The van der Waals surface area contributed by atoms with Crippen LogP contribution in [0.3, 0.4) is 0 Å². The van der Waals surface area contributed by atoms with Crippen LogP contribution in [-0.2, 0) is 17.9 Å². The van der Waals surface area contributed by atoms with Crippen LogP contribution in [0.1, 0.15) is 61.5 Å². The van der Waals surface area contributed by atoms with E-state index >= 15 is 0 Å². The van der Waals surface area contributed by atoms with Gasteiger partial charge >= 0.3 is 0 Å². The Kier molecular flexibility index (Phi) is 6.06. The predicted molar refractivity (Wildman–Crippen MR) is 130 cm³/mol. The summed E-state index contributed by atoms with van der Waals surface area (Å²) in [5.74, 6) is -0.239. The third-order valence-electron chi connectivity index (χ3n) is 6.93. The molecule has 1 aliphatic heterocycles. The van der Waals surface area contributed by atoms with Gasteiger partial charge in [0, 0.05) is 12.6 Å². The average Bonchev–Trinajstić information content (AvgIpc) is 3.43. The Morgan fingerprint density at radius 1 is 1.12 bits per heavy atom. The fourth-order valence-corrected chi connectivity index (χ4v) is 5.65. The first-order chi connectivity index (χ1) is 16.0. The molecule has 2 amide bonds. The molecule has 1 aliphatic carbocycles. The van der Waals surface area contributed by atoms with E-state index in [9.17, 15) is 9.59 Å².